The van der Waals surface area contributed by atoms with Crippen LogP contribution in [0.15, 0.2) is 24.3 Å². The number of methoxy groups -OCH3 is 1. The first-order chi connectivity index (χ1) is 9.20. The summed E-state index contributed by atoms with van der Waals surface area (Å²) in [7, 11) is 3.41. The maximum absolute atomic E-state index is 12.0. The van der Waals surface area contributed by atoms with Crippen molar-refractivity contribution in [2.24, 2.45) is 0 Å². The van der Waals surface area contributed by atoms with Gasteiger partial charge in [0.2, 0.25) is 0 Å². The molecule has 1 unspecified atom stereocenters. The molecule has 1 saturated heterocycles. The first kappa shape index (κ1) is 13.7. The molecule has 2 amide bonds. The number of amides is 2. The number of carbonyl (C=O) groups is 1. The van der Waals surface area contributed by atoms with Crippen LogP contribution in [-0.2, 0) is 11.3 Å². The average Bonchev–Trinajstić information content (AvgIpc) is 2.92. The quantitative estimate of drug-likeness (QED) is 0.899. The highest BCUT2D eigenvalue weighted by Crippen LogP contribution is 2.18. The second-order valence-electron chi connectivity index (χ2n) is 4.68. The first-order valence-corrected chi connectivity index (χ1v) is 6.42. The summed E-state index contributed by atoms with van der Waals surface area (Å²) < 4.78 is 10.5. The Hall–Kier alpha value is -1.75. The Balaban J connectivity index is 1.92. The van der Waals surface area contributed by atoms with Crippen molar-refractivity contribution in [3.63, 3.8) is 0 Å². The number of nitrogens with one attached hydrogen (secondary N) is 1. The van der Waals surface area contributed by atoms with Crippen molar-refractivity contribution in [1.82, 2.24) is 10.2 Å². The van der Waals surface area contributed by atoms with E-state index < -0.39 is 0 Å². The van der Waals surface area contributed by atoms with Gasteiger partial charge in [0.05, 0.1) is 26.3 Å². The minimum absolute atomic E-state index is 0.0820. The van der Waals surface area contributed by atoms with Crippen LogP contribution in [0, 0.1) is 0 Å². The summed E-state index contributed by atoms with van der Waals surface area (Å²) >= 11 is 0. The van der Waals surface area contributed by atoms with Gasteiger partial charge in [-0.25, -0.2) is 4.79 Å². The van der Waals surface area contributed by atoms with Gasteiger partial charge >= 0.3 is 6.03 Å². The smallest absolute Gasteiger partial charge is 0.317 e. The second kappa shape index (κ2) is 6.43. The molecule has 1 aromatic carbocycles. The van der Waals surface area contributed by atoms with E-state index in [1.807, 2.05) is 24.3 Å². The van der Waals surface area contributed by atoms with Crippen LogP contribution < -0.4 is 10.1 Å². The van der Waals surface area contributed by atoms with Gasteiger partial charge in [-0.1, -0.05) is 18.2 Å². The second-order valence-corrected chi connectivity index (χ2v) is 4.68. The van der Waals surface area contributed by atoms with Crippen molar-refractivity contribution in [2.75, 3.05) is 27.4 Å². The van der Waals surface area contributed by atoms with E-state index in [0.717, 1.165) is 24.3 Å². The third kappa shape index (κ3) is 3.61. The fourth-order valence-corrected chi connectivity index (χ4v) is 2.09. The highest BCUT2D eigenvalue weighted by atomic mass is 16.5. The third-order valence-electron chi connectivity index (χ3n) is 3.20. The van der Waals surface area contributed by atoms with Gasteiger partial charge in [0.1, 0.15) is 5.75 Å². The zero-order chi connectivity index (χ0) is 13.7. The molecular weight excluding hydrogens is 244 g/mol. The van der Waals surface area contributed by atoms with Crippen LogP contribution in [0.4, 0.5) is 4.79 Å². The van der Waals surface area contributed by atoms with Gasteiger partial charge < -0.3 is 19.7 Å². The first-order valence-electron chi connectivity index (χ1n) is 6.42. The van der Waals surface area contributed by atoms with Gasteiger partial charge in [0.15, 0.2) is 0 Å². The van der Waals surface area contributed by atoms with Gasteiger partial charge in [-0.15, -0.1) is 0 Å². The zero-order valence-electron chi connectivity index (χ0n) is 11.4. The predicted molar refractivity (Wildman–Crippen MR) is 72.2 cm³/mol. The lowest BCUT2D eigenvalue weighted by molar-refractivity contribution is 0.181. The Labute approximate surface area is 113 Å². The Kier molecular flexibility index (Phi) is 4.63. The van der Waals surface area contributed by atoms with Crippen molar-refractivity contribution >= 4 is 6.03 Å². The molecule has 1 fully saturated rings. The SMILES string of the molecule is COc1ccccc1CN(C)C(=O)NC1CCOC1. The van der Waals surface area contributed by atoms with E-state index in [2.05, 4.69) is 5.32 Å². The molecule has 19 heavy (non-hydrogen) atoms. The van der Waals surface area contributed by atoms with Gasteiger partial charge in [0.25, 0.3) is 0 Å². The molecule has 1 aliphatic rings. The van der Waals surface area contributed by atoms with E-state index in [-0.39, 0.29) is 12.1 Å². The summed E-state index contributed by atoms with van der Waals surface area (Å²) in [6.45, 7) is 1.85. The Morgan fingerprint density at radius 2 is 2.32 bits per heavy atom. The minimum atomic E-state index is -0.0820. The predicted octanol–water partition coefficient (Wildman–Crippen LogP) is 1.63. The molecule has 0 aliphatic carbocycles. The lowest BCUT2D eigenvalue weighted by Crippen LogP contribution is -2.43. The lowest BCUT2D eigenvalue weighted by Gasteiger charge is -2.21. The summed E-state index contributed by atoms with van der Waals surface area (Å²) in [6, 6.07) is 7.76. The van der Waals surface area contributed by atoms with Crippen molar-refractivity contribution < 1.29 is 14.3 Å². The largest absolute Gasteiger partial charge is 0.496 e. The van der Waals surface area contributed by atoms with Gasteiger partial charge in [-0.05, 0) is 12.5 Å². The van der Waals surface area contributed by atoms with Crippen molar-refractivity contribution in [3.05, 3.63) is 29.8 Å². The summed E-state index contributed by atoms with van der Waals surface area (Å²) in [5.41, 5.74) is 0.991. The number of hydrogen-bond donors (Lipinski definition) is 1. The molecule has 0 saturated carbocycles. The topological polar surface area (TPSA) is 50.8 Å². The van der Waals surface area contributed by atoms with Crippen LogP contribution in [0.1, 0.15) is 12.0 Å². The molecule has 0 spiro atoms. The molecule has 1 atom stereocenters. The minimum Gasteiger partial charge on any atom is -0.496 e. The number of rotatable bonds is 4. The number of ether oxygens (including phenoxy) is 2. The monoisotopic (exact) mass is 264 g/mol. The molecule has 0 radical (unpaired) electrons. The van der Waals surface area contributed by atoms with Crippen LogP contribution in [0.3, 0.4) is 0 Å². The standard InChI is InChI=1S/C14H20N2O3/c1-16(14(17)15-12-7-8-19-10-12)9-11-5-3-4-6-13(11)18-2/h3-6,12H,7-10H2,1-2H3,(H,15,17). The summed E-state index contributed by atoms with van der Waals surface area (Å²) in [4.78, 5) is 13.7. The third-order valence-corrected chi connectivity index (χ3v) is 3.20. The molecule has 1 heterocycles. The maximum atomic E-state index is 12.0. The van der Waals surface area contributed by atoms with E-state index in [4.69, 9.17) is 9.47 Å². The van der Waals surface area contributed by atoms with Crippen LogP contribution in [0.25, 0.3) is 0 Å². The zero-order valence-corrected chi connectivity index (χ0v) is 11.4. The fourth-order valence-electron chi connectivity index (χ4n) is 2.09. The number of carbonyl (C=O) groups excluding carboxylic acids is 1. The molecular formula is C14H20N2O3. The Morgan fingerprint density at radius 1 is 1.53 bits per heavy atom. The van der Waals surface area contributed by atoms with E-state index >= 15 is 0 Å². The fraction of sp³-hybridized carbons (Fsp3) is 0.500. The molecule has 0 bridgehead atoms. The summed E-state index contributed by atoms with van der Waals surface area (Å²) in [5, 5.41) is 2.96. The van der Waals surface area contributed by atoms with Gasteiger partial charge in [-0.3, -0.25) is 0 Å². The number of nitrogens with zero attached hydrogens (tertiary/aromatic N) is 1. The number of para-hydroxylation sites is 1. The Morgan fingerprint density at radius 3 is 3.00 bits per heavy atom. The van der Waals surface area contributed by atoms with Crippen LogP contribution in [0.5, 0.6) is 5.75 Å². The molecule has 104 valence electrons. The number of benzene rings is 1. The molecule has 0 aromatic heterocycles. The van der Waals surface area contributed by atoms with E-state index in [0.29, 0.717) is 13.2 Å². The highest BCUT2D eigenvalue weighted by molar-refractivity contribution is 5.74. The molecule has 1 N–H and O–H groups in total. The van der Waals surface area contributed by atoms with Gasteiger partial charge in [-0.2, -0.15) is 0 Å². The summed E-state index contributed by atoms with van der Waals surface area (Å²) in [5.74, 6) is 0.798. The lowest BCUT2D eigenvalue weighted by atomic mass is 10.2. The van der Waals surface area contributed by atoms with Crippen molar-refractivity contribution in [2.45, 2.75) is 19.0 Å². The van der Waals surface area contributed by atoms with Gasteiger partial charge in [0, 0.05) is 19.2 Å². The normalized spacial score (nSPS) is 18.1. The van der Waals surface area contributed by atoms with E-state index in [9.17, 15) is 4.79 Å². The number of hydrogen-bond acceptors (Lipinski definition) is 3. The molecule has 1 aliphatic heterocycles. The molecule has 1 aromatic rings. The maximum Gasteiger partial charge on any atom is 0.317 e. The molecule has 5 heteroatoms. The number of urea groups is 1. The molecule has 2 rings (SSSR count). The van der Waals surface area contributed by atoms with Crippen LogP contribution >= 0.6 is 0 Å². The molecule has 5 nitrogen and oxygen atoms in total. The van der Waals surface area contributed by atoms with Crippen molar-refractivity contribution in [1.29, 1.82) is 0 Å². The highest BCUT2D eigenvalue weighted by Gasteiger charge is 2.20. The van der Waals surface area contributed by atoms with E-state index in [1.54, 1.807) is 19.1 Å². The van der Waals surface area contributed by atoms with E-state index in [1.165, 1.54) is 0 Å². The van der Waals surface area contributed by atoms with Crippen molar-refractivity contribution in [3.8, 4) is 5.75 Å². The van der Waals surface area contributed by atoms with Crippen LogP contribution in [0.2, 0.25) is 0 Å². The Bertz CT molecular complexity index is 430. The van der Waals surface area contributed by atoms with Crippen LogP contribution in [-0.4, -0.2) is 44.3 Å². The average molecular weight is 264 g/mol. The summed E-state index contributed by atoms with van der Waals surface area (Å²) in [6.07, 6.45) is 0.883.